The smallest absolute Gasteiger partial charge is 0.255 e. The van der Waals surface area contributed by atoms with E-state index in [0.717, 1.165) is 17.3 Å². The number of carbonyl (C=O) groups excluding carboxylic acids is 2. The van der Waals surface area contributed by atoms with E-state index < -0.39 is 41.5 Å². The van der Waals surface area contributed by atoms with Crippen molar-refractivity contribution in [2.75, 3.05) is 11.9 Å². The molecule has 2 N–H and O–H groups in total. The maximum Gasteiger partial charge on any atom is 0.255 e. The lowest BCUT2D eigenvalue weighted by atomic mass is 10.1. The van der Waals surface area contributed by atoms with Gasteiger partial charge >= 0.3 is 0 Å². The summed E-state index contributed by atoms with van der Waals surface area (Å²) >= 11 is 0. The zero-order valence-corrected chi connectivity index (χ0v) is 16.3. The van der Waals surface area contributed by atoms with Crippen molar-refractivity contribution in [1.29, 1.82) is 0 Å². The Bertz CT molecular complexity index is 1090. The number of hydrogen-bond acceptors (Lipinski definition) is 3. The van der Waals surface area contributed by atoms with Crippen molar-refractivity contribution in [3.05, 3.63) is 76.9 Å². The van der Waals surface area contributed by atoms with Gasteiger partial charge in [0, 0.05) is 0 Å². The third-order valence-corrected chi connectivity index (χ3v) is 4.45. The van der Waals surface area contributed by atoms with Crippen LogP contribution in [0.3, 0.4) is 0 Å². The second-order valence-electron chi connectivity index (χ2n) is 6.56. The minimum absolute atomic E-state index is 0.296. The van der Waals surface area contributed by atoms with E-state index >= 15 is 0 Å². The molecule has 0 spiro atoms. The van der Waals surface area contributed by atoms with Crippen LogP contribution in [0.5, 0.6) is 0 Å². The summed E-state index contributed by atoms with van der Waals surface area (Å²) in [6, 6.07) is 9.21. The molecule has 0 aliphatic heterocycles. The van der Waals surface area contributed by atoms with Gasteiger partial charge in [0.05, 0.1) is 35.4 Å². The van der Waals surface area contributed by atoms with E-state index in [2.05, 4.69) is 15.7 Å². The lowest BCUT2D eigenvalue weighted by Gasteiger charge is -2.10. The molecule has 0 radical (unpaired) electrons. The quantitative estimate of drug-likeness (QED) is 0.604. The fraction of sp³-hybridized carbons (Fsp3) is 0.190. The van der Waals surface area contributed by atoms with Crippen molar-refractivity contribution in [2.24, 2.45) is 0 Å². The molecule has 2 amide bonds. The summed E-state index contributed by atoms with van der Waals surface area (Å²) in [5.74, 6) is -5.89. The van der Waals surface area contributed by atoms with Gasteiger partial charge in [-0.2, -0.15) is 5.10 Å². The van der Waals surface area contributed by atoms with Crippen LogP contribution in [0.15, 0.2) is 42.6 Å². The van der Waals surface area contributed by atoms with E-state index in [1.807, 2.05) is 38.1 Å². The Morgan fingerprint density at radius 1 is 1.03 bits per heavy atom. The first-order chi connectivity index (χ1) is 14.3. The highest BCUT2D eigenvalue weighted by Crippen LogP contribution is 2.19. The Hall–Kier alpha value is -3.62. The van der Waals surface area contributed by atoms with Crippen LogP contribution in [-0.2, 0) is 11.2 Å². The third-order valence-electron chi connectivity index (χ3n) is 4.45. The second-order valence-corrected chi connectivity index (χ2v) is 6.56. The molecule has 0 bridgehead atoms. The number of amides is 2. The largest absolute Gasteiger partial charge is 0.343 e. The Morgan fingerprint density at radius 3 is 2.40 bits per heavy atom. The number of rotatable bonds is 6. The van der Waals surface area contributed by atoms with Gasteiger partial charge in [-0.15, -0.1) is 0 Å². The SMILES string of the molecule is CCc1c(C(=O)NCC(=O)Nc2ccc(F)c(F)c2F)cnn1-c1ccc(C)cc1. The number of carbonyl (C=O) groups is 2. The van der Waals surface area contributed by atoms with Gasteiger partial charge in [0.25, 0.3) is 5.91 Å². The Labute approximate surface area is 170 Å². The van der Waals surface area contributed by atoms with Crippen LogP contribution in [0, 0.1) is 24.4 Å². The molecule has 1 heterocycles. The van der Waals surface area contributed by atoms with E-state index in [0.29, 0.717) is 23.7 Å². The summed E-state index contributed by atoms with van der Waals surface area (Å²) in [6.07, 6.45) is 1.92. The standard InChI is InChI=1S/C21H19F3N4O2/c1-3-17-14(10-26-28(17)13-6-4-12(2)5-7-13)21(30)25-11-18(29)27-16-9-8-15(22)19(23)20(16)24/h4-10H,3,11H2,1-2H3,(H,25,30)(H,27,29). The number of aryl methyl sites for hydroxylation is 1. The van der Waals surface area contributed by atoms with Crippen molar-refractivity contribution in [3.63, 3.8) is 0 Å². The summed E-state index contributed by atoms with van der Waals surface area (Å²) in [5, 5.41) is 8.77. The Morgan fingerprint density at radius 2 is 1.73 bits per heavy atom. The summed E-state index contributed by atoms with van der Waals surface area (Å²) in [6.45, 7) is 3.34. The van der Waals surface area contributed by atoms with Crippen molar-refractivity contribution in [1.82, 2.24) is 15.1 Å². The van der Waals surface area contributed by atoms with E-state index in [-0.39, 0.29) is 0 Å². The van der Waals surface area contributed by atoms with E-state index in [1.165, 1.54) is 6.20 Å². The number of anilines is 1. The predicted molar refractivity (Wildman–Crippen MR) is 105 cm³/mol. The van der Waals surface area contributed by atoms with Gasteiger partial charge in [0.2, 0.25) is 5.91 Å². The minimum Gasteiger partial charge on any atom is -0.343 e. The number of nitrogens with zero attached hydrogens (tertiary/aromatic N) is 2. The van der Waals surface area contributed by atoms with Crippen molar-refractivity contribution < 1.29 is 22.8 Å². The van der Waals surface area contributed by atoms with Crippen molar-refractivity contribution in [2.45, 2.75) is 20.3 Å². The van der Waals surface area contributed by atoms with Crippen LogP contribution >= 0.6 is 0 Å². The molecule has 0 saturated carbocycles. The minimum atomic E-state index is -1.69. The first-order valence-corrected chi connectivity index (χ1v) is 9.17. The summed E-state index contributed by atoms with van der Waals surface area (Å²) in [4.78, 5) is 24.5. The molecule has 0 unspecified atom stereocenters. The third kappa shape index (κ3) is 4.35. The molecule has 3 aromatic rings. The van der Waals surface area contributed by atoms with Crippen molar-refractivity contribution >= 4 is 17.5 Å². The van der Waals surface area contributed by atoms with Gasteiger partial charge in [-0.3, -0.25) is 9.59 Å². The summed E-state index contributed by atoms with van der Waals surface area (Å²) in [5.41, 5.74) is 2.32. The van der Waals surface area contributed by atoms with E-state index in [9.17, 15) is 22.8 Å². The fourth-order valence-electron chi connectivity index (χ4n) is 2.88. The summed E-state index contributed by atoms with van der Waals surface area (Å²) < 4.78 is 41.5. The number of nitrogens with one attached hydrogen (secondary N) is 2. The molecule has 0 fully saturated rings. The number of benzene rings is 2. The van der Waals surface area contributed by atoms with Crippen LogP contribution in [0.4, 0.5) is 18.9 Å². The molecule has 0 aliphatic rings. The van der Waals surface area contributed by atoms with Crippen LogP contribution in [-0.4, -0.2) is 28.1 Å². The highest BCUT2D eigenvalue weighted by Gasteiger charge is 2.19. The summed E-state index contributed by atoms with van der Waals surface area (Å²) in [7, 11) is 0. The van der Waals surface area contributed by atoms with Gasteiger partial charge in [0.15, 0.2) is 17.5 Å². The maximum atomic E-state index is 13.6. The second kappa shape index (κ2) is 8.81. The Balaban J connectivity index is 1.68. The van der Waals surface area contributed by atoms with E-state index in [1.54, 1.807) is 4.68 Å². The average molecular weight is 416 g/mol. The van der Waals surface area contributed by atoms with Crippen LogP contribution in [0.25, 0.3) is 5.69 Å². The van der Waals surface area contributed by atoms with Gasteiger partial charge in [-0.1, -0.05) is 24.6 Å². The maximum absolute atomic E-state index is 13.6. The first-order valence-electron chi connectivity index (χ1n) is 9.17. The normalized spacial score (nSPS) is 10.7. The molecule has 1 aromatic heterocycles. The van der Waals surface area contributed by atoms with Crippen LogP contribution < -0.4 is 10.6 Å². The number of hydrogen-bond donors (Lipinski definition) is 2. The molecular weight excluding hydrogens is 397 g/mol. The van der Waals surface area contributed by atoms with Crippen LogP contribution in [0.2, 0.25) is 0 Å². The molecule has 6 nitrogen and oxygen atoms in total. The van der Waals surface area contributed by atoms with Gasteiger partial charge < -0.3 is 10.6 Å². The average Bonchev–Trinajstić information content (AvgIpc) is 3.17. The molecule has 30 heavy (non-hydrogen) atoms. The monoisotopic (exact) mass is 416 g/mol. The number of aromatic nitrogens is 2. The molecule has 156 valence electrons. The predicted octanol–water partition coefficient (Wildman–Crippen LogP) is 3.53. The lowest BCUT2D eigenvalue weighted by molar-refractivity contribution is -0.115. The molecule has 0 aliphatic carbocycles. The van der Waals surface area contributed by atoms with Crippen molar-refractivity contribution in [3.8, 4) is 5.69 Å². The fourth-order valence-corrected chi connectivity index (χ4v) is 2.88. The molecule has 2 aromatic carbocycles. The van der Waals surface area contributed by atoms with E-state index in [4.69, 9.17) is 0 Å². The highest BCUT2D eigenvalue weighted by atomic mass is 19.2. The molecular formula is C21H19F3N4O2. The van der Waals surface area contributed by atoms with Gasteiger partial charge in [0.1, 0.15) is 0 Å². The molecule has 9 heteroatoms. The molecule has 0 saturated heterocycles. The lowest BCUT2D eigenvalue weighted by Crippen LogP contribution is -2.33. The van der Waals surface area contributed by atoms with Gasteiger partial charge in [-0.25, -0.2) is 17.9 Å². The highest BCUT2D eigenvalue weighted by molar-refractivity contribution is 6.00. The first kappa shape index (κ1) is 21.1. The van der Waals surface area contributed by atoms with Crippen LogP contribution in [0.1, 0.15) is 28.5 Å². The zero-order chi connectivity index (χ0) is 21.8. The molecule has 0 atom stereocenters. The molecule has 3 rings (SSSR count). The topological polar surface area (TPSA) is 76.0 Å². The van der Waals surface area contributed by atoms with Gasteiger partial charge in [-0.05, 0) is 37.6 Å². The Kier molecular flexibility index (Phi) is 6.20. The zero-order valence-electron chi connectivity index (χ0n) is 16.3. The number of halogens is 3.